The third-order valence-electron chi connectivity index (χ3n) is 3.61. The van der Waals surface area contributed by atoms with E-state index in [1.807, 2.05) is 43.1 Å². The molecule has 1 aromatic rings. The van der Waals surface area contributed by atoms with Gasteiger partial charge in [-0.15, -0.1) is 0 Å². The first-order chi connectivity index (χ1) is 9.53. The molecule has 1 aliphatic rings. The zero-order valence-corrected chi connectivity index (χ0v) is 13.6. The molecule has 1 aromatic carbocycles. The van der Waals surface area contributed by atoms with Gasteiger partial charge in [0.1, 0.15) is 0 Å². The van der Waals surface area contributed by atoms with Gasteiger partial charge >= 0.3 is 0 Å². The minimum absolute atomic E-state index is 0.0878. The monoisotopic (exact) mass is 314 g/mol. The molecule has 0 saturated carbocycles. The Balaban J connectivity index is 2.03. The fourth-order valence-corrected chi connectivity index (χ4v) is 5.12. The Kier molecular flexibility index (Phi) is 5.49. The van der Waals surface area contributed by atoms with E-state index in [0.29, 0.717) is 0 Å². The van der Waals surface area contributed by atoms with Gasteiger partial charge in [-0.2, -0.15) is 11.8 Å². The number of sulfonamides is 1. The molecule has 2 rings (SSSR count). The molecule has 1 fully saturated rings. The van der Waals surface area contributed by atoms with E-state index in [1.54, 1.807) is 11.4 Å². The van der Waals surface area contributed by atoms with Crippen molar-refractivity contribution in [3.63, 3.8) is 0 Å². The molecule has 1 atom stereocenters. The van der Waals surface area contributed by atoms with Gasteiger partial charge in [0.15, 0.2) is 0 Å². The Bertz CT molecular complexity index is 523. The maximum Gasteiger partial charge on any atom is 0.218 e. The van der Waals surface area contributed by atoms with E-state index in [-0.39, 0.29) is 11.8 Å². The van der Waals surface area contributed by atoms with Crippen LogP contribution in [-0.4, -0.2) is 44.4 Å². The van der Waals surface area contributed by atoms with Crippen molar-refractivity contribution < 1.29 is 8.42 Å². The number of nitrogens with zero attached hydrogens (tertiary/aromatic N) is 1. The van der Waals surface area contributed by atoms with Gasteiger partial charge in [-0.1, -0.05) is 24.3 Å². The number of rotatable bonds is 6. The van der Waals surface area contributed by atoms with Crippen molar-refractivity contribution in [2.75, 3.05) is 25.6 Å². The molecule has 0 amide bonds. The zero-order chi connectivity index (χ0) is 14.6. The van der Waals surface area contributed by atoms with E-state index in [2.05, 4.69) is 5.32 Å². The number of benzene rings is 1. The van der Waals surface area contributed by atoms with Crippen molar-refractivity contribution in [2.24, 2.45) is 0 Å². The molecular weight excluding hydrogens is 292 g/mol. The van der Waals surface area contributed by atoms with Crippen LogP contribution in [0, 0.1) is 0 Å². The lowest BCUT2D eigenvalue weighted by molar-refractivity contribution is 0.394. The molecule has 1 saturated heterocycles. The summed E-state index contributed by atoms with van der Waals surface area (Å²) in [6, 6.07) is 7.93. The number of hydrogen-bond donors (Lipinski definition) is 1. The fourth-order valence-electron chi connectivity index (χ4n) is 2.31. The Labute approximate surface area is 126 Å². The molecule has 1 heterocycles. The molecule has 20 heavy (non-hydrogen) atoms. The zero-order valence-electron chi connectivity index (χ0n) is 12.0. The molecule has 0 bridgehead atoms. The summed E-state index contributed by atoms with van der Waals surface area (Å²) in [5, 5.41) is 3.08. The summed E-state index contributed by atoms with van der Waals surface area (Å²) < 4.78 is 26.4. The van der Waals surface area contributed by atoms with Gasteiger partial charge in [0.2, 0.25) is 10.0 Å². The van der Waals surface area contributed by atoms with Gasteiger partial charge in [-0.05, 0) is 30.3 Å². The van der Waals surface area contributed by atoms with Crippen LogP contribution < -0.4 is 5.32 Å². The van der Waals surface area contributed by atoms with Crippen LogP contribution in [0.2, 0.25) is 0 Å². The highest BCUT2D eigenvalue weighted by atomic mass is 32.2. The third-order valence-corrected chi connectivity index (χ3v) is 6.63. The Morgan fingerprint density at radius 3 is 2.50 bits per heavy atom. The quantitative estimate of drug-likeness (QED) is 0.868. The summed E-state index contributed by atoms with van der Waals surface area (Å²) >= 11 is 1.83. The van der Waals surface area contributed by atoms with Crippen LogP contribution in [0.1, 0.15) is 17.5 Å². The van der Waals surface area contributed by atoms with E-state index in [1.165, 1.54) is 0 Å². The van der Waals surface area contributed by atoms with Gasteiger partial charge in [-0.3, -0.25) is 0 Å². The molecule has 0 aliphatic carbocycles. The lowest BCUT2D eigenvalue weighted by atomic mass is 10.1. The molecule has 1 unspecified atom stereocenters. The van der Waals surface area contributed by atoms with Crippen LogP contribution in [-0.2, 0) is 22.3 Å². The Morgan fingerprint density at radius 1 is 1.30 bits per heavy atom. The maximum absolute atomic E-state index is 12.4. The van der Waals surface area contributed by atoms with Gasteiger partial charge in [0.05, 0.1) is 5.75 Å². The van der Waals surface area contributed by atoms with Crippen LogP contribution in [0.4, 0.5) is 0 Å². The van der Waals surface area contributed by atoms with Crippen molar-refractivity contribution in [2.45, 2.75) is 24.8 Å². The number of hydrogen-bond acceptors (Lipinski definition) is 4. The van der Waals surface area contributed by atoms with Crippen LogP contribution in [0.3, 0.4) is 0 Å². The van der Waals surface area contributed by atoms with Crippen molar-refractivity contribution in [1.82, 2.24) is 9.62 Å². The Morgan fingerprint density at radius 2 is 1.95 bits per heavy atom. The minimum Gasteiger partial charge on any atom is -0.316 e. The van der Waals surface area contributed by atoms with Gasteiger partial charge < -0.3 is 5.32 Å². The maximum atomic E-state index is 12.4. The molecule has 0 aromatic heterocycles. The van der Waals surface area contributed by atoms with Crippen LogP contribution in [0.5, 0.6) is 0 Å². The molecule has 0 radical (unpaired) electrons. The van der Waals surface area contributed by atoms with Crippen molar-refractivity contribution in [3.8, 4) is 0 Å². The van der Waals surface area contributed by atoms with Crippen LogP contribution in [0.25, 0.3) is 0 Å². The van der Waals surface area contributed by atoms with Crippen molar-refractivity contribution >= 4 is 21.8 Å². The summed E-state index contributed by atoms with van der Waals surface area (Å²) in [7, 11) is 0.388. The van der Waals surface area contributed by atoms with Crippen molar-refractivity contribution in [1.29, 1.82) is 0 Å². The van der Waals surface area contributed by atoms with E-state index in [0.717, 1.165) is 35.6 Å². The van der Waals surface area contributed by atoms with Gasteiger partial charge in [0, 0.05) is 25.4 Å². The first-order valence-electron chi connectivity index (χ1n) is 6.79. The second-order valence-electron chi connectivity index (χ2n) is 5.14. The molecular formula is C14H22N2O2S2. The molecule has 4 nitrogen and oxygen atoms in total. The van der Waals surface area contributed by atoms with E-state index in [9.17, 15) is 8.42 Å². The van der Waals surface area contributed by atoms with E-state index < -0.39 is 10.0 Å². The van der Waals surface area contributed by atoms with Gasteiger partial charge in [0.25, 0.3) is 0 Å². The van der Waals surface area contributed by atoms with E-state index >= 15 is 0 Å². The average Bonchev–Trinajstić information content (AvgIpc) is 2.94. The molecule has 0 spiro atoms. The van der Waals surface area contributed by atoms with Gasteiger partial charge in [-0.25, -0.2) is 12.7 Å². The SMILES string of the molecule is CNCc1ccc(CS(=O)(=O)N(C)C2CCSC2)cc1. The molecule has 6 heteroatoms. The first kappa shape index (κ1) is 15.8. The molecule has 1 N–H and O–H groups in total. The van der Waals surface area contributed by atoms with Crippen LogP contribution in [0.15, 0.2) is 24.3 Å². The molecule has 1 aliphatic heterocycles. The average molecular weight is 314 g/mol. The molecule has 112 valence electrons. The lowest BCUT2D eigenvalue weighted by Gasteiger charge is -2.23. The smallest absolute Gasteiger partial charge is 0.218 e. The predicted octanol–water partition coefficient (Wildman–Crippen LogP) is 1.67. The highest BCUT2D eigenvalue weighted by Crippen LogP contribution is 2.24. The number of nitrogens with one attached hydrogen (secondary N) is 1. The largest absolute Gasteiger partial charge is 0.316 e. The first-order valence-corrected chi connectivity index (χ1v) is 9.55. The normalized spacial score (nSPS) is 19.6. The Hall–Kier alpha value is -0.560. The predicted molar refractivity (Wildman–Crippen MR) is 85.3 cm³/mol. The summed E-state index contributed by atoms with van der Waals surface area (Å²) in [6.45, 7) is 0.798. The summed E-state index contributed by atoms with van der Waals surface area (Å²) in [6.07, 6.45) is 0.960. The topological polar surface area (TPSA) is 49.4 Å². The lowest BCUT2D eigenvalue weighted by Crippen LogP contribution is -2.37. The van der Waals surface area contributed by atoms with Crippen molar-refractivity contribution in [3.05, 3.63) is 35.4 Å². The highest BCUT2D eigenvalue weighted by Gasteiger charge is 2.28. The second kappa shape index (κ2) is 6.93. The van der Waals surface area contributed by atoms with E-state index in [4.69, 9.17) is 0 Å². The number of thioether (sulfide) groups is 1. The summed E-state index contributed by atoms with van der Waals surface area (Å²) in [4.78, 5) is 0. The summed E-state index contributed by atoms with van der Waals surface area (Å²) in [5.41, 5.74) is 2.01. The fraction of sp³-hybridized carbons (Fsp3) is 0.571. The standard InChI is InChI=1S/C14H22N2O2S2/c1-15-9-12-3-5-13(6-4-12)11-20(17,18)16(2)14-7-8-19-10-14/h3-6,14-15H,7-11H2,1-2H3. The minimum atomic E-state index is -3.22. The third kappa shape index (κ3) is 3.97. The second-order valence-corrected chi connectivity index (χ2v) is 8.31. The highest BCUT2D eigenvalue weighted by molar-refractivity contribution is 7.99. The van der Waals surface area contributed by atoms with Crippen LogP contribution >= 0.6 is 11.8 Å². The summed E-state index contributed by atoms with van der Waals surface area (Å²) in [5.74, 6) is 2.06.